The van der Waals surface area contributed by atoms with Crippen LogP contribution < -0.4 is 5.73 Å². The van der Waals surface area contributed by atoms with Crippen molar-refractivity contribution in [2.24, 2.45) is 5.92 Å². The number of anilines is 1. The molecular weight excluding hydrogens is 390 g/mol. The van der Waals surface area contributed by atoms with E-state index in [0.29, 0.717) is 41.6 Å². The second kappa shape index (κ2) is 7.97. The van der Waals surface area contributed by atoms with Crippen LogP contribution in [0.5, 0.6) is 0 Å². The van der Waals surface area contributed by atoms with Crippen molar-refractivity contribution in [1.82, 2.24) is 19.9 Å². The highest BCUT2D eigenvalue weighted by molar-refractivity contribution is 5.91. The number of fused-ring (bicyclic) bond motifs is 1. The maximum Gasteiger partial charge on any atom is 0.267 e. The van der Waals surface area contributed by atoms with Crippen molar-refractivity contribution in [2.45, 2.75) is 32.3 Å². The van der Waals surface area contributed by atoms with Crippen molar-refractivity contribution in [1.29, 1.82) is 0 Å². The maximum absolute atomic E-state index is 12.1. The third-order valence-corrected chi connectivity index (χ3v) is 5.41. The van der Waals surface area contributed by atoms with Crippen molar-refractivity contribution >= 4 is 22.6 Å². The third kappa shape index (κ3) is 4.07. The molecule has 7 nitrogen and oxygen atoms in total. The number of hydrogen-bond donors (Lipinski definition) is 2. The van der Waals surface area contributed by atoms with Crippen LogP contribution in [0.15, 0.2) is 36.7 Å². The molecule has 4 rings (SSSR count). The number of pyridine rings is 1. The first-order valence-corrected chi connectivity index (χ1v) is 10.3. The van der Waals surface area contributed by atoms with Crippen LogP contribution in [0.4, 0.5) is 5.82 Å². The molecule has 2 aromatic heterocycles. The van der Waals surface area contributed by atoms with E-state index in [1.54, 1.807) is 19.4 Å². The predicted molar refractivity (Wildman–Crippen MR) is 120 cm³/mol. The summed E-state index contributed by atoms with van der Waals surface area (Å²) < 4.78 is 0. The van der Waals surface area contributed by atoms with Gasteiger partial charge in [-0.1, -0.05) is 37.8 Å². The molecule has 0 saturated carbocycles. The Morgan fingerprint density at radius 3 is 2.81 bits per heavy atom. The number of benzene rings is 1. The van der Waals surface area contributed by atoms with Crippen LogP contribution in [0.3, 0.4) is 0 Å². The van der Waals surface area contributed by atoms with E-state index in [1.165, 1.54) is 4.90 Å². The number of carbonyl (C=O) groups is 1. The number of nitrogens with two attached hydrogens (primary N) is 1. The van der Waals surface area contributed by atoms with E-state index in [0.717, 1.165) is 22.9 Å². The first kappa shape index (κ1) is 20.8. The fraction of sp³-hybridized carbons (Fsp3) is 0.333. The average molecular weight is 415 g/mol. The molecule has 7 heteroatoms. The first-order valence-electron chi connectivity index (χ1n) is 10.3. The molecular formula is C24H25N5O2. The van der Waals surface area contributed by atoms with E-state index in [-0.39, 0.29) is 5.91 Å². The van der Waals surface area contributed by atoms with Crippen LogP contribution in [-0.2, 0) is 11.2 Å². The van der Waals surface area contributed by atoms with Crippen LogP contribution in [-0.4, -0.2) is 50.1 Å². The Hall–Kier alpha value is -3.50. The fourth-order valence-corrected chi connectivity index (χ4v) is 3.71. The van der Waals surface area contributed by atoms with Gasteiger partial charge >= 0.3 is 0 Å². The number of hydrogen-bond acceptors (Lipinski definition) is 6. The number of aliphatic hydroxyl groups is 1. The summed E-state index contributed by atoms with van der Waals surface area (Å²) in [6.45, 7) is 4.79. The third-order valence-electron chi connectivity index (χ3n) is 5.41. The Morgan fingerprint density at radius 1 is 1.29 bits per heavy atom. The number of likely N-dealkylation sites (N-methyl/N-ethyl adjacent to an activating group) is 1. The molecule has 1 amide bonds. The molecule has 1 aromatic carbocycles. The van der Waals surface area contributed by atoms with Crippen molar-refractivity contribution in [2.75, 3.05) is 19.3 Å². The van der Waals surface area contributed by atoms with Gasteiger partial charge in [0, 0.05) is 48.9 Å². The van der Waals surface area contributed by atoms with Gasteiger partial charge in [-0.2, -0.15) is 0 Å². The van der Waals surface area contributed by atoms with Crippen LogP contribution in [0, 0.1) is 17.8 Å². The maximum atomic E-state index is 12.1. The molecule has 3 heterocycles. The Balaban J connectivity index is 1.69. The lowest BCUT2D eigenvalue weighted by molar-refractivity contribution is -0.137. The number of nitrogens with zero attached hydrogens (tertiary/aromatic N) is 4. The number of nitrogen functional groups attached to an aromatic ring is 1. The van der Waals surface area contributed by atoms with E-state index in [9.17, 15) is 9.90 Å². The van der Waals surface area contributed by atoms with E-state index < -0.39 is 5.60 Å². The summed E-state index contributed by atoms with van der Waals surface area (Å²) in [5.74, 6) is 6.66. The van der Waals surface area contributed by atoms with Gasteiger partial charge in [0.05, 0.1) is 0 Å². The molecule has 0 bridgehead atoms. The van der Waals surface area contributed by atoms with Crippen LogP contribution in [0.1, 0.15) is 31.4 Å². The highest BCUT2D eigenvalue weighted by atomic mass is 16.3. The SMILES string of the molecule is CC(C)Cc1cnc(N)c2nc(-c3cccc(C#C[C@]4(O)CCN(C)C4=O)c3)ncc12. The van der Waals surface area contributed by atoms with E-state index >= 15 is 0 Å². The zero-order chi connectivity index (χ0) is 22.2. The van der Waals surface area contributed by atoms with Gasteiger partial charge in [-0.3, -0.25) is 4.79 Å². The molecule has 0 spiro atoms. The van der Waals surface area contributed by atoms with Crippen molar-refractivity contribution in [3.05, 3.63) is 47.8 Å². The molecule has 1 aliphatic heterocycles. The highest BCUT2D eigenvalue weighted by Crippen LogP contribution is 2.26. The summed E-state index contributed by atoms with van der Waals surface area (Å²) >= 11 is 0. The lowest BCUT2D eigenvalue weighted by atomic mass is 10.0. The molecule has 0 aliphatic carbocycles. The van der Waals surface area contributed by atoms with Crippen molar-refractivity contribution in [3.8, 4) is 23.2 Å². The average Bonchev–Trinajstić information content (AvgIpc) is 3.02. The van der Waals surface area contributed by atoms with Crippen molar-refractivity contribution < 1.29 is 9.90 Å². The molecule has 158 valence electrons. The Bertz CT molecular complexity index is 1230. The first-order chi connectivity index (χ1) is 14.8. The van der Waals surface area contributed by atoms with Crippen LogP contribution in [0.2, 0.25) is 0 Å². The largest absolute Gasteiger partial charge is 0.382 e. The molecule has 31 heavy (non-hydrogen) atoms. The van der Waals surface area contributed by atoms with Crippen LogP contribution >= 0.6 is 0 Å². The predicted octanol–water partition coefficient (Wildman–Crippen LogP) is 2.42. The molecule has 3 N–H and O–H groups in total. The molecule has 1 fully saturated rings. The molecule has 0 radical (unpaired) electrons. The fourth-order valence-electron chi connectivity index (χ4n) is 3.71. The molecule has 3 aromatic rings. The van der Waals surface area contributed by atoms with Gasteiger partial charge in [-0.25, -0.2) is 15.0 Å². The summed E-state index contributed by atoms with van der Waals surface area (Å²) in [5.41, 5.74) is 7.61. The molecule has 1 atom stereocenters. The minimum atomic E-state index is -1.63. The Morgan fingerprint density at radius 2 is 2.10 bits per heavy atom. The van der Waals surface area contributed by atoms with Gasteiger partial charge in [0.25, 0.3) is 5.91 Å². The number of rotatable bonds is 3. The minimum absolute atomic E-state index is 0.299. The number of aromatic nitrogens is 3. The van der Waals surface area contributed by atoms with Gasteiger partial charge in [-0.05, 0) is 30.0 Å². The normalized spacial score (nSPS) is 18.5. The van der Waals surface area contributed by atoms with E-state index in [4.69, 9.17) is 5.73 Å². The molecule has 1 aliphatic rings. The van der Waals surface area contributed by atoms with E-state index in [1.807, 2.05) is 24.3 Å². The zero-order valence-electron chi connectivity index (χ0n) is 17.9. The van der Waals surface area contributed by atoms with Gasteiger partial charge in [-0.15, -0.1) is 0 Å². The summed E-state index contributed by atoms with van der Waals surface area (Å²) in [6.07, 6.45) is 4.76. The van der Waals surface area contributed by atoms with Gasteiger partial charge < -0.3 is 15.7 Å². The second-order valence-electron chi connectivity index (χ2n) is 8.39. The zero-order valence-corrected chi connectivity index (χ0v) is 17.9. The molecule has 0 unspecified atom stereocenters. The summed E-state index contributed by atoms with van der Waals surface area (Å²) in [5, 5.41) is 11.4. The monoisotopic (exact) mass is 415 g/mol. The van der Waals surface area contributed by atoms with E-state index in [2.05, 4.69) is 40.6 Å². The Kier molecular flexibility index (Phi) is 5.34. The van der Waals surface area contributed by atoms with Gasteiger partial charge in [0.15, 0.2) is 5.82 Å². The minimum Gasteiger partial charge on any atom is -0.382 e. The number of amides is 1. The van der Waals surface area contributed by atoms with Gasteiger partial charge in [0.2, 0.25) is 5.60 Å². The lowest BCUT2D eigenvalue weighted by Crippen LogP contribution is -2.37. The smallest absolute Gasteiger partial charge is 0.267 e. The number of likely N-dealkylation sites (tertiary alicyclic amines) is 1. The quantitative estimate of drug-likeness (QED) is 0.637. The van der Waals surface area contributed by atoms with Gasteiger partial charge in [0.1, 0.15) is 11.3 Å². The summed E-state index contributed by atoms with van der Waals surface area (Å²) in [4.78, 5) is 27.1. The summed E-state index contributed by atoms with van der Waals surface area (Å²) in [6, 6.07) is 7.39. The number of carbonyl (C=O) groups excluding carboxylic acids is 1. The Labute approximate surface area is 181 Å². The topological polar surface area (TPSA) is 105 Å². The summed E-state index contributed by atoms with van der Waals surface area (Å²) in [7, 11) is 1.66. The lowest BCUT2D eigenvalue weighted by Gasteiger charge is -2.13. The second-order valence-corrected chi connectivity index (χ2v) is 8.39. The molecule has 1 saturated heterocycles. The highest BCUT2D eigenvalue weighted by Gasteiger charge is 2.42. The van der Waals surface area contributed by atoms with Crippen molar-refractivity contribution in [3.63, 3.8) is 0 Å². The van der Waals surface area contributed by atoms with Crippen LogP contribution in [0.25, 0.3) is 22.3 Å². The standard InChI is InChI=1S/C24H25N5O2/c1-15(2)11-18-13-26-21(25)20-19(18)14-27-22(28-20)17-6-4-5-16(12-17)7-8-24(31)9-10-29(3)23(24)30/h4-6,12-15,31H,9-11H2,1-3H3,(H2,25,26)/t24-/m0/s1.